The molecule has 0 aliphatic carbocycles. The summed E-state index contributed by atoms with van der Waals surface area (Å²) in [6.07, 6.45) is 2.96. The van der Waals surface area contributed by atoms with Crippen molar-refractivity contribution in [1.82, 2.24) is 5.32 Å². The first-order valence-electron chi connectivity index (χ1n) is 15.4. The van der Waals surface area contributed by atoms with E-state index in [-0.39, 0.29) is 29.5 Å². The fourth-order valence-corrected chi connectivity index (χ4v) is 4.91. The number of aromatic hydroxyl groups is 1. The van der Waals surface area contributed by atoms with Crippen molar-refractivity contribution < 1.29 is 24.3 Å². The molecule has 47 heavy (non-hydrogen) atoms. The molecule has 5 aromatic carbocycles. The molecule has 0 aliphatic heterocycles. The van der Waals surface area contributed by atoms with E-state index in [9.17, 15) is 14.7 Å². The molecule has 0 atom stereocenters. The van der Waals surface area contributed by atoms with E-state index in [0.717, 1.165) is 30.5 Å². The molecule has 5 rings (SSSR count). The maximum Gasteiger partial charge on any atom is 0.259 e. The van der Waals surface area contributed by atoms with Crippen LogP contribution < -0.4 is 20.9 Å². The summed E-state index contributed by atoms with van der Waals surface area (Å²) in [5.41, 5.74) is 5.95. The summed E-state index contributed by atoms with van der Waals surface area (Å²) in [5, 5.41) is 27.1. The standard InChI is InChI=1S/C37H37N5O5/c1-3-4-11-20-38-36(44)26-17-18-30-27(22-26)23-31(37(45)39-28-12-7-5-8-13-28)35(43)34(30)41-40-32-21-25(16-19-33(32)46-2)24-47-42-29-14-9-6-10-15-29/h5-10,12-19,21-23,42-43H,3-4,11,20,24H2,1-2H3,(H,38,44)(H,39,45). The van der Waals surface area contributed by atoms with E-state index in [1.54, 1.807) is 60.7 Å². The SMILES string of the molecule is CCCCCNC(=O)c1ccc2c(N=Nc3cc(CONc4ccccc4)ccc3OC)c(O)c(C(=O)Nc3ccccc3)cc2c1. The lowest BCUT2D eigenvalue weighted by Crippen LogP contribution is -2.24. The third-order valence-electron chi connectivity index (χ3n) is 7.39. The predicted octanol–water partition coefficient (Wildman–Crippen LogP) is 8.69. The lowest BCUT2D eigenvalue weighted by molar-refractivity contribution is 0.0952. The molecule has 0 radical (unpaired) electrons. The first-order valence-corrected chi connectivity index (χ1v) is 15.4. The number of unbranched alkanes of at least 4 members (excludes halogenated alkanes) is 2. The molecule has 0 saturated carbocycles. The van der Waals surface area contributed by atoms with E-state index in [1.165, 1.54) is 7.11 Å². The van der Waals surface area contributed by atoms with Crippen molar-refractivity contribution >= 4 is 45.3 Å². The second kappa shape index (κ2) is 16.0. The van der Waals surface area contributed by atoms with Gasteiger partial charge in [0.25, 0.3) is 11.8 Å². The van der Waals surface area contributed by atoms with Crippen molar-refractivity contribution in [3.05, 3.63) is 120 Å². The number of carbonyl (C=O) groups excluding carboxylic acids is 2. The lowest BCUT2D eigenvalue weighted by Gasteiger charge is -2.13. The van der Waals surface area contributed by atoms with Crippen molar-refractivity contribution in [2.45, 2.75) is 32.8 Å². The van der Waals surface area contributed by atoms with E-state index in [2.05, 4.69) is 33.3 Å². The van der Waals surface area contributed by atoms with E-state index in [4.69, 9.17) is 9.57 Å². The summed E-state index contributed by atoms with van der Waals surface area (Å²) >= 11 is 0. The summed E-state index contributed by atoms with van der Waals surface area (Å²) in [7, 11) is 1.53. The van der Waals surface area contributed by atoms with E-state index >= 15 is 0 Å². The number of hydrogen-bond acceptors (Lipinski definition) is 8. The van der Waals surface area contributed by atoms with Crippen LogP contribution in [0, 0.1) is 0 Å². The minimum atomic E-state index is -0.538. The molecule has 0 aromatic heterocycles. The number of fused-ring (bicyclic) bond motifs is 1. The van der Waals surface area contributed by atoms with Crippen LogP contribution in [0.5, 0.6) is 11.5 Å². The van der Waals surface area contributed by atoms with Crippen molar-refractivity contribution in [2.75, 3.05) is 24.5 Å². The number of carbonyl (C=O) groups is 2. The van der Waals surface area contributed by atoms with Gasteiger partial charge in [-0.05, 0) is 72.0 Å². The first-order chi connectivity index (χ1) is 23.0. The number of azo groups is 1. The molecule has 4 N–H and O–H groups in total. The Labute approximate surface area is 273 Å². The van der Waals surface area contributed by atoms with Crippen LogP contribution in [0.2, 0.25) is 0 Å². The number of phenolic OH excluding ortho intramolecular Hbond substituents is 1. The van der Waals surface area contributed by atoms with Gasteiger partial charge in [-0.2, -0.15) is 0 Å². The van der Waals surface area contributed by atoms with Crippen molar-refractivity contribution in [3.8, 4) is 11.5 Å². The van der Waals surface area contributed by atoms with Crippen LogP contribution in [-0.4, -0.2) is 30.6 Å². The molecule has 2 amide bonds. The van der Waals surface area contributed by atoms with Gasteiger partial charge in [-0.25, -0.2) is 0 Å². The number of amides is 2. The quantitative estimate of drug-likeness (QED) is 0.0550. The van der Waals surface area contributed by atoms with Gasteiger partial charge in [-0.3, -0.25) is 19.9 Å². The highest BCUT2D eigenvalue weighted by Crippen LogP contribution is 2.41. The molecule has 10 nitrogen and oxygen atoms in total. The number of nitrogens with one attached hydrogen (secondary N) is 3. The number of phenols is 1. The highest BCUT2D eigenvalue weighted by Gasteiger charge is 2.20. The zero-order chi connectivity index (χ0) is 33.0. The number of nitrogens with zero attached hydrogens (tertiary/aromatic N) is 2. The number of methoxy groups -OCH3 is 1. The van der Waals surface area contributed by atoms with Crippen LogP contribution >= 0.6 is 0 Å². The molecule has 0 aliphatic rings. The zero-order valence-corrected chi connectivity index (χ0v) is 26.3. The Morgan fingerprint density at radius 2 is 1.55 bits per heavy atom. The number of anilines is 2. The third kappa shape index (κ3) is 8.50. The Hall–Kier alpha value is -5.74. The largest absolute Gasteiger partial charge is 0.505 e. The number of benzene rings is 5. The highest BCUT2D eigenvalue weighted by atomic mass is 16.6. The van der Waals surface area contributed by atoms with Crippen LogP contribution in [-0.2, 0) is 11.4 Å². The molecule has 240 valence electrons. The summed E-state index contributed by atoms with van der Waals surface area (Å²) in [6, 6.07) is 30.4. The van der Waals surface area contributed by atoms with Crippen molar-refractivity contribution in [3.63, 3.8) is 0 Å². The number of ether oxygens (including phenoxy) is 1. The summed E-state index contributed by atoms with van der Waals surface area (Å²) in [5.74, 6) is -0.654. The second-order valence-electron chi connectivity index (χ2n) is 10.8. The topological polar surface area (TPSA) is 134 Å². The number of para-hydroxylation sites is 2. The molecule has 0 unspecified atom stereocenters. The summed E-state index contributed by atoms with van der Waals surface area (Å²) in [4.78, 5) is 32.0. The Morgan fingerprint density at radius 1 is 0.809 bits per heavy atom. The second-order valence-corrected chi connectivity index (χ2v) is 10.8. The fourth-order valence-electron chi connectivity index (χ4n) is 4.91. The third-order valence-corrected chi connectivity index (χ3v) is 7.39. The van der Waals surface area contributed by atoms with E-state index in [1.807, 2.05) is 42.5 Å². The Balaban J connectivity index is 1.48. The van der Waals surface area contributed by atoms with E-state index < -0.39 is 5.91 Å². The molecule has 5 aromatic rings. The smallest absolute Gasteiger partial charge is 0.259 e. The molecule has 0 fully saturated rings. The van der Waals surface area contributed by atoms with Gasteiger partial charge in [0, 0.05) is 23.2 Å². The average molecular weight is 632 g/mol. The average Bonchev–Trinajstić information content (AvgIpc) is 3.10. The molecule has 0 bridgehead atoms. The van der Waals surface area contributed by atoms with Gasteiger partial charge < -0.3 is 20.5 Å². The van der Waals surface area contributed by atoms with Gasteiger partial charge in [0.05, 0.1) is 25.0 Å². The van der Waals surface area contributed by atoms with Gasteiger partial charge in [0.15, 0.2) is 5.75 Å². The van der Waals surface area contributed by atoms with Gasteiger partial charge in [-0.15, -0.1) is 10.2 Å². The zero-order valence-electron chi connectivity index (χ0n) is 26.3. The first kappa shape index (κ1) is 32.6. The lowest BCUT2D eigenvalue weighted by atomic mass is 10.0. The van der Waals surface area contributed by atoms with Gasteiger partial charge in [-0.1, -0.05) is 68.3 Å². The number of hydrogen-bond donors (Lipinski definition) is 4. The van der Waals surface area contributed by atoms with Crippen LogP contribution in [0.1, 0.15) is 52.5 Å². The minimum absolute atomic E-state index is 0.0168. The van der Waals surface area contributed by atoms with Gasteiger partial charge >= 0.3 is 0 Å². The molecule has 0 spiro atoms. The predicted molar refractivity (Wildman–Crippen MR) is 184 cm³/mol. The maximum atomic E-state index is 13.4. The Kier molecular flexibility index (Phi) is 11.1. The monoisotopic (exact) mass is 631 g/mol. The Morgan fingerprint density at radius 3 is 2.28 bits per heavy atom. The van der Waals surface area contributed by atoms with Crippen LogP contribution in [0.15, 0.2) is 113 Å². The fraction of sp³-hybridized carbons (Fsp3) is 0.189. The maximum absolute atomic E-state index is 13.4. The molecular formula is C37H37N5O5. The number of rotatable bonds is 14. The van der Waals surface area contributed by atoms with Gasteiger partial charge in [0.2, 0.25) is 0 Å². The molecule has 0 saturated heterocycles. The molecule has 10 heteroatoms. The van der Waals surface area contributed by atoms with Crippen LogP contribution in [0.4, 0.5) is 22.7 Å². The summed E-state index contributed by atoms with van der Waals surface area (Å²) < 4.78 is 5.52. The van der Waals surface area contributed by atoms with Crippen LogP contribution in [0.25, 0.3) is 10.8 Å². The molecule has 0 heterocycles. The Bertz CT molecular complexity index is 1860. The van der Waals surface area contributed by atoms with Crippen molar-refractivity contribution in [1.29, 1.82) is 0 Å². The van der Waals surface area contributed by atoms with Crippen molar-refractivity contribution in [2.24, 2.45) is 10.2 Å². The van der Waals surface area contributed by atoms with E-state index in [0.29, 0.717) is 40.0 Å². The van der Waals surface area contributed by atoms with Crippen LogP contribution in [0.3, 0.4) is 0 Å². The highest BCUT2D eigenvalue weighted by molar-refractivity contribution is 6.12. The minimum Gasteiger partial charge on any atom is -0.505 e. The normalized spacial score (nSPS) is 11.0. The van der Waals surface area contributed by atoms with Gasteiger partial charge in [0.1, 0.15) is 17.1 Å². The molecular weight excluding hydrogens is 594 g/mol. The summed E-state index contributed by atoms with van der Waals surface area (Å²) in [6.45, 7) is 2.90.